The van der Waals surface area contributed by atoms with Crippen LogP contribution in [0.5, 0.6) is 0 Å². The van der Waals surface area contributed by atoms with Gasteiger partial charge in [-0.05, 0) is 81.5 Å². The molecular formula is C27H48O2. The molecule has 0 amide bonds. The van der Waals surface area contributed by atoms with E-state index in [-0.39, 0.29) is 12.1 Å². The topological polar surface area (TPSA) is 26.3 Å². The lowest BCUT2D eigenvalue weighted by Gasteiger charge is -2.37. The highest BCUT2D eigenvalue weighted by atomic mass is 16.5. The Morgan fingerprint density at radius 2 is 1.28 bits per heavy atom. The van der Waals surface area contributed by atoms with Crippen molar-refractivity contribution >= 4 is 5.97 Å². The van der Waals surface area contributed by atoms with Crippen molar-refractivity contribution in [2.75, 3.05) is 0 Å². The van der Waals surface area contributed by atoms with Gasteiger partial charge in [-0.1, -0.05) is 71.1 Å². The normalized spacial score (nSPS) is 33.4. The van der Waals surface area contributed by atoms with Crippen LogP contribution in [0.15, 0.2) is 0 Å². The van der Waals surface area contributed by atoms with Gasteiger partial charge in [0, 0.05) is 6.42 Å². The molecule has 1 unspecified atom stereocenters. The molecule has 168 valence electrons. The number of hydrogen-bond acceptors (Lipinski definition) is 2. The number of carbonyl (C=O) groups is 1. The van der Waals surface area contributed by atoms with E-state index in [1.807, 2.05) is 0 Å². The molecular weight excluding hydrogens is 356 g/mol. The lowest BCUT2D eigenvalue weighted by Crippen LogP contribution is -2.27. The number of carbonyl (C=O) groups excluding carboxylic acids is 1. The summed E-state index contributed by atoms with van der Waals surface area (Å²) < 4.78 is 5.88. The van der Waals surface area contributed by atoms with Crippen molar-refractivity contribution in [3.05, 3.63) is 0 Å². The second kappa shape index (κ2) is 12.4. The minimum atomic E-state index is 0.0690. The van der Waals surface area contributed by atoms with E-state index in [1.165, 1.54) is 103 Å². The summed E-state index contributed by atoms with van der Waals surface area (Å²) >= 11 is 0. The molecule has 0 saturated heterocycles. The Labute approximate surface area is 180 Å². The van der Waals surface area contributed by atoms with Gasteiger partial charge in [0.2, 0.25) is 0 Å². The summed E-state index contributed by atoms with van der Waals surface area (Å²) in [6.45, 7) is 4.50. The van der Waals surface area contributed by atoms with Crippen molar-refractivity contribution in [1.82, 2.24) is 0 Å². The molecule has 3 rings (SSSR count). The van der Waals surface area contributed by atoms with Crippen LogP contribution in [0.1, 0.15) is 129 Å². The molecule has 0 radical (unpaired) electrons. The zero-order valence-electron chi connectivity index (χ0n) is 19.5. The molecule has 0 N–H and O–H groups in total. The lowest BCUT2D eigenvalue weighted by atomic mass is 9.68. The fourth-order valence-corrected chi connectivity index (χ4v) is 6.66. The standard InChI is InChI=1S/C27H48O2/c1-3-22-11-16-25(17-12-22)26-18-13-23(14-19-26)15-20-27(28)29-21(2)24-9-7-5-4-6-8-10-24/h21-26H,3-20H2,1-2H3. The Hall–Kier alpha value is -0.530. The van der Waals surface area contributed by atoms with E-state index in [9.17, 15) is 4.79 Å². The molecule has 3 saturated carbocycles. The van der Waals surface area contributed by atoms with Crippen molar-refractivity contribution in [3.8, 4) is 0 Å². The minimum absolute atomic E-state index is 0.0690. The Morgan fingerprint density at radius 3 is 1.83 bits per heavy atom. The van der Waals surface area contributed by atoms with E-state index in [0.29, 0.717) is 12.3 Å². The monoisotopic (exact) mass is 404 g/mol. The second-order valence-electron chi connectivity index (χ2n) is 10.8. The third-order valence-electron chi connectivity index (χ3n) is 8.91. The van der Waals surface area contributed by atoms with Gasteiger partial charge in [-0.3, -0.25) is 4.79 Å². The van der Waals surface area contributed by atoms with Crippen molar-refractivity contribution in [2.45, 2.75) is 136 Å². The first-order chi connectivity index (χ1) is 14.2. The first-order valence-corrected chi connectivity index (χ1v) is 13.3. The third kappa shape index (κ3) is 7.59. The second-order valence-corrected chi connectivity index (χ2v) is 10.8. The van der Waals surface area contributed by atoms with E-state index < -0.39 is 0 Å². The average molecular weight is 405 g/mol. The van der Waals surface area contributed by atoms with Crippen LogP contribution in [0.4, 0.5) is 0 Å². The maximum atomic E-state index is 12.4. The Bertz CT molecular complexity index is 449. The van der Waals surface area contributed by atoms with E-state index in [0.717, 1.165) is 30.1 Å². The predicted molar refractivity (Wildman–Crippen MR) is 122 cm³/mol. The highest BCUT2D eigenvalue weighted by molar-refractivity contribution is 5.69. The molecule has 2 nitrogen and oxygen atoms in total. The van der Waals surface area contributed by atoms with Gasteiger partial charge in [-0.2, -0.15) is 0 Å². The third-order valence-corrected chi connectivity index (χ3v) is 8.91. The molecule has 0 heterocycles. The fourth-order valence-electron chi connectivity index (χ4n) is 6.66. The van der Waals surface area contributed by atoms with E-state index >= 15 is 0 Å². The largest absolute Gasteiger partial charge is 0.462 e. The van der Waals surface area contributed by atoms with Crippen molar-refractivity contribution in [2.24, 2.45) is 29.6 Å². The summed E-state index contributed by atoms with van der Waals surface area (Å²) in [5.41, 5.74) is 0. The van der Waals surface area contributed by atoms with Crippen LogP contribution in [-0.2, 0) is 9.53 Å². The van der Waals surface area contributed by atoms with Gasteiger partial charge in [0.25, 0.3) is 0 Å². The summed E-state index contributed by atoms with van der Waals surface area (Å²) in [6.07, 6.45) is 23.9. The first-order valence-electron chi connectivity index (χ1n) is 13.3. The predicted octanol–water partition coefficient (Wildman–Crippen LogP) is 8.08. The van der Waals surface area contributed by atoms with Crippen LogP contribution in [0.2, 0.25) is 0 Å². The molecule has 1 atom stereocenters. The summed E-state index contributed by atoms with van der Waals surface area (Å²) in [5, 5.41) is 0. The van der Waals surface area contributed by atoms with Gasteiger partial charge in [0.1, 0.15) is 6.10 Å². The van der Waals surface area contributed by atoms with Gasteiger partial charge in [-0.15, -0.1) is 0 Å². The number of esters is 1. The van der Waals surface area contributed by atoms with Gasteiger partial charge in [0.05, 0.1) is 0 Å². The molecule has 2 heteroatoms. The van der Waals surface area contributed by atoms with E-state index in [2.05, 4.69) is 13.8 Å². The Morgan fingerprint density at radius 1 is 0.759 bits per heavy atom. The van der Waals surface area contributed by atoms with Crippen molar-refractivity contribution in [1.29, 1.82) is 0 Å². The summed E-state index contributed by atoms with van der Waals surface area (Å²) in [5.74, 6) is 4.43. The zero-order chi connectivity index (χ0) is 20.5. The highest BCUT2D eigenvalue weighted by Crippen LogP contribution is 2.42. The molecule has 3 fully saturated rings. The quantitative estimate of drug-likeness (QED) is 0.401. The van der Waals surface area contributed by atoms with Gasteiger partial charge in [-0.25, -0.2) is 0 Å². The summed E-state index contributed by atoms with van der Waals surface area (Å²) in [6, 6.07) is 0. The van der Waals surface area contributed by atoms with Crippen LogP contribution in [0.3, 0.4) is 0 Å². The first kappa shape index (κ1) is 23.1. The molecule has 0 aromatic rings. The highest BCUT2D eigenvalue weighted by Gasteiger charge is 2.31. The van der Waals surface area contributed by atoms with Crippen molar-refractivity contribution < 1.29 is 9.53 Å². The SMILES string of the molecule is CCC1CCC(C2CCC(CCC(=O)OC(C)C3CCCCCCC3)CC2)CC1. The Kier molecular flexibility index (Phi) is 9.86. The van der Waals surface area contributed by atoms with Gasteiger partial charge < -0.3 is 4.74 Å². The van der Waals surface area contributed by atoms with E-state index in [1.54, 1.807) is 0 Å². The number of rotatable bonds is 7. The van der Waals surface area contributed by atoms with Gasteiger partial charge >= 0.3 is 5.97 Å². The van der Waals surface area contributed by atoms with Crippen LogP contribution in [-0.4, -0.2) is 12.1 Å². The lowest BCUT2D eigenvalue weighted by molar-refractivity contribution is -0.151. The molecule has 0 aromatic carbocycles. The smallest absolute Gasteiger partial charge is 0.306 e. The molecule has 0 spiro atoms. The number of hydrogen-bond donors (Lipinski definition) is 0. The fraction of sp³-hybridized carbons (Fsp3) is 0.963. The van der Waals surface area contributed by atoms with Gasteiger partial charge in [0.15, 0.2) is 0 Å². The Balaban J connectivity index is 1.30. The molecule has 0 aliphatic heterocycles. The summed E-state index contributed by atoms with van der Waals surface area (Å²) in [7, 11) is 0. The molecule has 3 aliphatic rings. The van der Waals surface area contributed by atoms with Crippen LogP contribution >= 0.6 is 0 Å². The summed E-state index contributed by atoms with van der Waals surface area (Å²) in [4.78, 5) is 12.4. The van der Waals surface area contributed by atoms with Crippen LogP contribution in [0, 0.1) is 29.6 Å². The van der Waals surface area contributed by atoms with Crippen molar-refractivity contribution in [3.63, 3.8) is 0 Å². The molecule has 3 aliphatic carbocycles. The minimum Gasteiger partial charge on any atom is -0.462 e. The number of ether oxygens (including phenoxy) is 1. The van der Waals surface area contributed by atoms with Crippen LogP contribution < -0.4 is 0 Å². The maximum absolute atomic E-state index is 12.4. The maximum Gasteiger partial charge on any atom is 0.306 e. The molecule has 29 heavy (non-hydrogen) atoms. The van der Waals surface area contributed by atoms with Crippen LogP contribution in [0.25, 0.3) is 0 Å². The average Bonchev–Trinajstić information content (AvgIpc) is 2.72. The molecule has 0 aromatic heterocycles. The zero-order valence-corrected chi connectivity index (χ0v) is 19.5. The molecule has 0 bridgehead atoms. The van der Waals surface area contributed by atoms with E-state index in [4.69, 9.17) is 4.74 Å².